The molecule has 314 valence electrons. The summed E-state index contributed by atoms with van der Waals surface area (Å²) in [5.74, 6) is -0.870. The molecular weight excluding hydrogens is 705 g/mol. The lowest BCUT2D eigenvalue weighted by Gasteiger charge is -2.24. The Balaban J connectivity index is 2.34. The lowest BCUT2D eigenvalue weighted by molar-refractivity contribution is -0.870. The molecule has 1 heterocycles. The number of ether oxygens (including phenoxy) is 3. The number of carbonyl (C=O) groups excluding carboxylic acids is 2. The van der Waals surface area contributed by atoms with Crippen molar-refractivity contribution < 1.29 is 46.8 Å². The molecule has 1 aliphatic heterocycles. The first kappa shape index (κ1) is 50.2. The average Bonchev–Trinajstić information content (AvgIpc) is 3.87. The molecule has 4 atom stereocenters. The number of epoxide rings is 1. The van der Waals surface area contributed by atoms with Crippen LogP contribution in [-0.2, 0) is 37.4 Å². The van der Waals surface area contributed by atoms with Crippen LogP contribution in [0.3, 0.4) is 0 Å². The van der Waals surface area contributed by atoms with Crippen molar-refractivity contribution in [1.29, 1.82) is 0 Å². The summed E-state index contributed by atoms with van der Waals surface area (Å²) in [6.45, 7) is 4.30. The van der Waals surface area contributed by atoms with E-state index in [4.69, 9.17) is 23.3 Å². The molecule has 0 aliphatic carbocycles. The van der Waals surface area contributed by atoms with Crippen LogP contribution in [0.5, 0.6) is 0 Å². The zero-order valence-electron chi connectivity index (χ0n) is 34.9. The number of nitrogens with zero attached hydrogens (tertiary/aromatic N) is 1. The Kier molecular flexibility index (Phi) is 30.0. The molecule has 1 rings (SSSR count). The average molecular weight is 785 g/mol. The maximum absolute atomic E-state index is 12.7. The van der Waals surface area contributed by atoms with Crippen molar-refractivity contribution in [3.63, 3.8) is 0 Å². The lowest BCUT2D eigenvalue weighted by atomic mass is 10.0. The fourth-order valence-corrected chi connectivity index (χ4v) is 6.55. The molecule has 0 radical (unpaired) electrons. The Morgan fingerprint density at radius 3 is 1.81 bits per heavy atom. The van der Waals surface area contributed by atoms with E-state index in [0.717, 1.165) is 44.9 Å². The van der Waals surface area contributed by atoms with Crippen LogP contribution >= 0.6 is 7.82 Å². The van der Waals surface area contributed by atoms with Gasteiger partial charge in [-0.15, -0.1) is 0 Å². The monoisotopic (exact) mass is 785 g/mol. The van der Waals surface area contributed by atoms with Crippen LogP contribution in [0.25, 0.3) is 0 Å². The van der Waals surface area contributed by atoms with Gasteiger partial charge in [0.1, 0.15) is 19.8 Å². The molecule has 0 spiro atoms. The van der Waals surface area contributed by atoms with Gasteiger partial charge in [0, 0.05) is 12.8 Å². The van der Waals surface area contributed by atoms with Gasteiger partial charge in [0.05, 0.1) is 40.0 Å². The predicted octanol–water partition coefficient (Wildman–Crippen LogP) is 10.7. The van der Waals surface area contributed by atoms with Gasteiger partial charge in [-0.25, -0.2) is 4.57 Å². The SMILES string of the molecule is CCCCC/C=C\CC1OC1C/C=C\C/C=C\CCCC(=O)O[C@H](COC(=O)CCCCCCCCCCCCCC)COP(=O)(O)OCC[N+](C)(C)C. The van der Waals surface area contributed by atoms with E-state index in [0.29, 0.717) is 36.1 Å². The highest BCUT2D eigenvalue weighted by Crippen LogP contribution is 2.43. The van der Waals surface area contributed by atoms with Crippen LogP contribution in [0, 0.1) is 0 Å². The number of quaternary nitrogens is 1. The Morgan fingerprint density at radius 1 is 0.667 bits per heavy atom. The van der Waals surface area contributed by atoms with Crippen LogP contribution < -0.4 is 0 Å². The third-order valence-electron chi connectivity index (χ3n) is 9.33. The molecule has 0 aromatic carbocycles. The first-order chi connectivity index (χ1) is 26.0. The fraction of sp³-hybridized carbons (Fsp3) is 0.814. The maximum atomic E-state index is 12.7. The summed E-state index contributed by atoms with van der Waals surface area (Å²) >= 11 is 0. The number of phosphoric acid groups is 1. The van der Waals surface area contributed by atoms with E-state index in [1.165, 1.54) is 77.0 Å². The molecule has 0 amide bonds. The number of phosphoric ester groups is 1. The van der Waals surface area contributed by atoms with Crippen LogP contribution in [0.4, 0.5) is 0 Å². The standard InChI is InChI=1S/C43H78NO9P/c1-6-8-10-12-14-15-16-17-18-21-25-29-33-42(45)49-37-39(38-51-54(47,48)50-36-35-44(3,4)5)52-43(46)34-30-26-22-19-20-24-28-32-41-40(53-41)31-27-23-13-11-9-7-2/h19,22-24,27-28,39-41H,6-18,20-21,25-26,29-38H2,1-5H3/p+1/b22-19-,27-23-,28-24-/t39-,40?,41?/m1/s1. The Labute approximate surface area is 329 Å². The van der Waals surface area contributed by atoms with Crippen molar-refractivity contribution in [2.75, 3.05) is 47.5 Å². The topological polar surface area (TPSA) is 121 Å². The summed E-state index contributed by atoms with van der Waals surface area (Å²) in [6.07, 6.45) is 36.5. The Morgan fingerprint density at radius 2 is 1.19 bits per heavy atom. The quantitative estimate of drug-likeness (QED) is 0.0164. The second kappa shape index (κ2) is 32.3. The van der Waals surface area contributed by atoms with E-state index in [2.05, 4.69) is 44.2 Å². The number of allylic oxidation sites excluding steroid dienone is 4. The highest BCUT2D eigenvalue weighted by molar-refractivity contribution is 7.47. The molecule has 1 aliphatic rings. The lowest BCUT2D eigenvalue weighted by Crippen LogP contribution is -2.37. The zero-order chi connectivity index (χ0) is 39.8. The Hall–Kier alpha value is -1.81. The highest BCUT2D eigenvalue weighted by Gasteiger charge is 2.36. The van der Waals surface area contributed by atoms with Crippen molar-refractivity contribution >= 4 is 19.8 Å². The minimum atomic E-state index is -4.39. The molecule has 0 aromatic heterocycles. The van der Waals surface area contributed by atoms with E-state index in [1.807, 2.05) is 27.2 Å². The summed E-state index contributed by atoms with van der Waals surface area (Å²) < 4.78 is 39.9. The van der Waals surface area contributed by atoms with Crippen molar-refractivity contribution in [2.24, 2.45) is 0 Å². The minimum absolute atomic E-state index is 0.0194. The summed E-state index contributed by atoms with van der Waals surface area (Å²) in [5.41, 5.74) is 0. The molecule has 1 saturated heterocycles. The number of hydrogen-bond donors (Lipinski definition) is 1. The van der Waals surface area contributed by atoms with E-state index >= 15 is 0 Å². The first-order valence-electron chi connectivity index (χ1n) is 21.3. The highest BCUT2D eigenvalue weighted by atomic mass is 31.2. The van der Waals surface area contributed by atoms with Gasteiger partial charge in [-0.3, -0.25) is 18.6 Å². The van der Waals surface area contributed by atoms with Gasteiger partial charge in [0.2, 0.25) is 0 Å². The molecular formula is C43H79NO9P+. The molecule has 1 fully saturated rings. The third-order valence-corrected chi connectivity index (χ3v) is 10.3. The van der Waals surface area contributed by atoms with E-state index in [1.54, 1.807) is 0 Å². The fourth-order valence-electron chi connectivity index (χ4n) is 5.81. The van der Waals surface area contributed by atoms with Gasteiger partial charge in [-0.1, -0.05) is 134 Å². The summed E-state index contributed by atoms with van der Waals surface area (Å²) in [7, 11) is 1.43. The van der Waals surface area contributed by atoms with Crippen LogP contribution in [0.15, 0.2) is 36.5 Å². The van der Waals surface area contributed by atoms with Gasteiger partial charge < -0.3 is 23.6 Å². The molecule has 11 heteroatoms. The number of unbranched alkanes of at least 4 members (excludes halogenated alkanes) is 15. The van der Waals surface area contributed by atoms with Gasteiger partial charge in [-0.2, -0.15) is 0 Å². The number of hydrogen-bond acceptors (Lipinski definition) is 8. The minimum Gasteiger partial charge on any atom is -0.462 e. The van der Waals surface area contributed by atoms with E-state index in [9.17, 15) is 19.0 Å². The van der Waals surface area contributed by atoms with Gasteiger partial charge in [-0.05, 0) is 51.4 Å². The molecule has 54 heavy (non-hydrogen) atoms. The zero-order valence-corrected chi connectivity index (χ0v) is 35.8. The second-order valence-corrected chi connectivity index (χ2v) is 17.2. The number of rotatable bonds is 37. The second-order valence-electron chi connectivity index (χ2n) is 15.8. The first-order valence-corrected chi connectivity index (χ1v) is 22.8. The van der Waals surface area contributed by atoms with Crippen molar-refractivity contribution in [3.8, 4) is 0 Å². The molecule has 10 nitrogen and oxygen atoms in total. The van der Waals surface area contributed by atoms with Crippen LogP contribution in [0.2, 0.25) is 0 Å². The number of likely N-dealkylation sites (N-methyl/N-ethyl adjacent to an activating group) is 1. The van der Waals surface area contributed by atoms with Gasteiger partial charge in [0.25, 0.3) is 0 Å². The van der Waals surface area contributed by atoms with Crippen LogP contribution in [-0.4, -0.2) is 87.1 Å². The van der Waals surface area contributed by atoms with Gasteiger partial charge >= 0.3 is 19.8 Å². The van der Waals surface area contributed by atoms with Crippen molar-refractivity contribution in [2.45, 2.75) is 180 Å². The normalized spacial score (nSPS) is 17.7. The van der Waals surface area contributed by atoms with Crippen molar-refractivity contribution in [3.05, 3.63) is 36.5 Å². The predicted molar refractivity (Wildman–Crippen MR) is 219 cm³/mol. The summed E-state index contributed by atoms with van der Waals surface area (Å²) in [6, 6.07) is 0. The third kappa shape index (κ3) is 32.4. The van der Waals surface area contributed by atoms with E-state index in [-0.39, 0.29) is 32.0 Å². The van der Waals surface area contributed by atoms with Crippen LogP contribution in [0.1, 0.15) is 162 Å². The van der Waals surface area contributed by atoms with E-state index < -0.39 is 26.5 Å². The Bertz CT molecular complexity index is 1090. The van der Waals surface area contributed by atoms with Gasteiger partial charge in [0.15, 0.2) is 6.10 Å². The number of esters is 2. The smallest absolute Gasteiger partial charge is 0.462 e. The molecule has 1 N–H and O–H groups in total. The largest absolute Gasteiger partial charge is 0.472 e. The summed E-state index contributed by atoms with van der Waals surface area (Å²) in [5, 5.41) is 0. The van der Waals surface area contributed by atoms with Crippen molar-refractivity contribution in [1.82, 2.24) is 0 Å². The molecule has 3 unspecified atom stereocenters. The molecule has 0 bridgehead atoms. The number of carbonyl (C=O) groups is 2. The summed E-state index contributed by atoms with van der Waals surface area (Å²) in [4.78, 5) is 35.3. The molecule has 0 aromatic rings. The maximum Gasteiger partial charge on any atom is 0.472 e. The molecule has 0 saturated carbocycles.